The fraction of sp³-hybridized carbons (Fsp3) is 0.533. The summed E-state index contributed by atoms with van der Waals surface area (Å²) in [6, 6.07) is 5.38. The molecular formula is C15H21N3O2. The molecule has 0 aliphatic carbocycles. The van der Waals surface area contributed by atoms with Gasteiger partial charge in [-0.05, 0) is 31.9 Å². The molecule has 108 valence electrons. The molecule has 1 fully saturated rings. The number of anilines is 2. The number of fused-ring (bicyclic) bond motifs is 1. The zero-order valence-corrected chi connectivity index (χ0v) is 12.0. The predicted molar refractivity (Wildman–Crippen MR) is 78.9 cm³/mol. The van der Waals surface area contributed by atoms with Crippen LogP contribution in [0.4, 0.5) is 11.4 Å². The van der Waals surface area contributed by atoms with Crippen LogP contribution in [0.15, 0.2) is 18.2 Å². The van der Waals surface area contributed by atoms with Gasteiger partial charge in [-0.2, -0.15) is 0 Å². The number of β-amino-alcohol motifs (C(OH)–C–C–N with tert-alkyl or cyclic N) is 1. The Morgan fingerprint density at radius 3 is 2.90 bits per heavy atom. The lowest BCUT2D eigenvalue weighted by Gasteiger charge is -2.38. The Balaban J connectivity index is 1.92. The van der Waals surface area contributed by atoms with Crippen LogP contribution in [0.1, 0.15) is 31.4 Å². The standard InChI is InChI=1S/C15H21N3O2/c1-15(20)6-3-7-18(9-15)10-4-5-11-12(8-10)17(2)14(19)13(11)16/h4-5,8,13,20H,3,6-7,9,16H2,1-2H3. The molecule has 1 amide bonds. The van der Waals surface area contributed by atoms with E-state index in [2.05, 4.69) is 4.90 Å². The van der Waals surface area contributed by atoms with Gasteiger partial charge < -0.3 is 20.6 Å². The molecular weight excluding hydrogens is 254 g/mol. The van der Waals surface area contributed by atoms with Crippen LogP contribution in [-0.4, -0.2) is 36.8 Å². The Hall–Kier alpha value is -1.59. The minimum atomic E-state index is -0.643. The molecule has 0 saturated carbocycles. The summed E-state index contributed by atoms with van der Waals surface area (Å²) in [5, 5.41) is 10.2. The van der Waals surface area contributed by atoms with Crippen LogP contribution >= 0.6 is 0 Å². The zero-order valence-electron chi connectivity index (χ0n) is 12.0. The van der Waals surface area contributed by atoms with Gasteiger partial charge in [-0.15, -0.1) is 0 Å². The van der Waals surface area contributed by atoms with Crippen molar-refractivity contribution < 1.29 is 9.90 Å². The number of amides is 1. The van der Waals surface area contributed by atoms with Gasteiger partial charge in [-0.25, -0.2) is 0 Å². The molecule has 20 heavy (non-hydrogen) atoms. The quantitative estimate of drug-likeness (QED) is 0.802. The number of piperidine rings is 1. The third-order valence-corrected chi connectivity index (χ3v) is 4.35. The summed E-state index contributed by atoms with van der Waals surface area (Å²) in [4.78, 5) is 15.7. The summed E-state index contributed by atoms with van der Waals surface area (Å²) < 4.78 is 0. The Morgan fingerprint density at radius 1 is 1.45 bits per heavy atom. The fourth-order valence-electron chi connectivity index (χ4n) is 3.18. The van der Waals surface area contributed by atoms with E-state index in [-0.39, 0.29) is 5.91 Å². The fourth-order valence-corrected chi connectivity index (χ4v) is 3.18. The van der Waals surface area contributed by atoms with E-state index in [9.17, 15) is 9.90 Å². The number of nitrogens with two attached hydrogens (primary N) is 1. The van der Waals surface area contributed by atoms with Gasteiger partial charge >= 0.3 is 0 Å². The van der Waals surface area contributed by atoms with Crippen LogP contribution in [0.3, 0.4) is 0 Å². The Kier molecular flexibility index (Phi) is 2.99. The smallest absolute Gasteiger partial charge is 0.248 e. The van der Waals surface area contributed by atoms with Crippen molar-refractivity contribution in [3.8, 4) is 0 Å². The molecule has 2 unspecified atom stereocenters. The average molecular weight is 275 g/mol. The molecule has 0 bridgehead atoms. The van der Waals surface area contributed by atoms with Crippen molar-refractivity contribution in [2.75, 3.05) is 29.9 Å². The monoisotopic (exact) mass is 275 g/mol. The van der Waals surface area contributed by atoms with E-state index < -0.39 is 11.6 Å². The van der Waals surface area contributed by atoms with Gasteiger partial charge in [0.2, 0.25) is 5.91 Å². The van der Waals surface area contributed by atoms with Crippen LogP contribution in [0.5, 0.6) is 0 Å². The van der Waals surface area contributed by atoms with Crippen molar-refractivity contribution in [2.45, 2.75) is 31.4 Å². The highest BCUT2D eigenvalue weighted by atomic mass is 16.3. The number of rotatable bonds is 1. The Morgan fingerprint density at radius 2 is 2.20 bits per heavy atom. The zero-order chi connectivity index (χ0) is 14.5. The lowest BCUT2D eigenvalue weighted by molar-refractivity contribution is -0.118. The molecule has 2 aliphatic heterocycles. The summed E-state index contributed by atoms with van der Waals surface area (Å²) in [5.41, 5.74) is 8.06. The Bertz CT molecular complexity index is 556. The molecule has 3 N–H and O–H groups in total. The minimum absolute atomic E-state index is 0.0669. The van der Waals surface area contributed by atoms with Gasteiger partial charge in [0, 0.05) is 31.4 Å². The summed E-state index contributed by atoms with van der Waals surface area (Å²) in [7, 11) is 1.75. The first-order valence-corrected chi connectivity index (χ1v) is 7.03. The van der Waals surface area contributed by atoms with Gasteiger partial charge in [-0.1, -0.05) is 6.07 Å². The molecule has 2 atom stereocenters. The van der Waals surface area contributed by atoms with Crippen LogP contribution in [-0.2, 0) is 4.79 Å². The maximum Gasteiger partial charge on any atom is 0.248 e. The first-order valence-electron chi connectivity index (χ1n) is 7.03. The van der Waals surface area contributed by atoms with E-state index in [0.717, 1.165) is 36.3 Å². The van der Waals surface area contributed by atoms with Gasteiger partial charge in [-0.3, -0.25) is 4.79 Å². The van der Waals surface area contributed by atoms with Crippen molar-refractivity contribution in [2.24, 2.45) is 5.73 Å². The molecule has 3 rings (SSSR count). The molecule has 0 aromatic heterocycles. The van der Waals surface area contributed by atoms with Crippen molar-refractivity contribution in [3.05, 3.63) is 23.8 Å². The van der Waals surface area contributed by atoms with Crippen molar-refractivity contribution in [3.63, 3.8) is 0 Å². The number of likely N-dealkylation sites (N-methyl/N-ethyl adjacent to an activating group) is 1. The van der Waals surface area contributed by atoms with Crippen molar-refractivity contribution >= 4 is 17.3 Å². The largest absolute Gasteiger partial charge is 0.388 e. The number of benzene rings is 1. The highest BCUT2D eigenvalue weighted by molar-refractivity contribution is 6.04. The van der Waals surface area contributed by atoms with E-state index in [0.29, 0.717) is 6.54 Å². The van der Waals surface area contributed by atoms with Crippen LogP contribution in [0.2, 0.25) is 0 Å². The molecule has 1 saturated heterocycles. The molecule has 2 heterocycles. The van der Waals surface area contributed by atoms with Gasteiger partial charge in [0.1, 0.15) is 6.04 Å². The Labute approximate surface area is 119 Å². The first kappa shape index (κ1) is 13.4. The highest BCUT2D eigenvalue weighted by Crippen LogP contribution is 2.37. The van der Waals surface area contributed by atoms with Gasteiger partial charge in [0.15, 0.2) is 0 Å². The van der Waals surface area contributed by atoms with Crippen molar-refractivity contribution in [1.29, 1.82) is 0 Å². The molecule has 5 heteroatoms. The number of hydrogen-bond donors (Lipinski definition) is 2. The second kappa shape index (κ2) is 4.46. The van der Waals surface area contributed by atoms with E-state index in [4.69, 9.17) is 5.73 Å². The van der Waals surface area contributed by atoms with E-state index >= 15 is 0 Å². The number of hydrogen-bond acceptors (Lipinski definition) is 4. The molecule has 2 aliphatic rings. The number of carbonyl (C=O) groups excluding carboxylic acids is 1. The van der Waals surface area contributed by atoms with E-state index in [1.807, 2.05) is 25.1 Å². The second-order valence-electron chi connectivity index (χ2n) is 6.14. The van der Waals surface area contributed by atoms with Gasteiger partial charge in [0.05, 0.1) is 11.3 Å². The summed E-state index contributed by atoms with van der Waals surface area (Å²) in [6.45, 7) is 3.42. The van der Waals surface area contributed by atoms with E-state index in [1.54, 1.807) is 11.9 Å². The highest BCUT2D eigenvalue weighted by Gasteiger charge is 2.34. The third-order valence-electron chi connectivity index (χ3n) is 4.35. The summed E-state index contributed by atoms with van der Waals surface area (Å²) >= 11 is 0. The topological polar surface area (TPSA) is 69.8 Å². The van der Waals surface area contributed by atoms with Crippen molar-refractivity contribution in [1.82, 2.24) is 0 Å². The maximum absolute atomic E-state index is 11.9. The molecule has 5 nitrogen and oxygen atoms in total. The van der Waals surface area contributed by atoms with E-state index in [1.165, 1.54) is 0 Å². The normalized spacial score (nSPS) is 29.8. The van der Waals surface area contributed by atoms with Crippen LogP contribution in [0, 0.1) is 0 Å². The average Bonchev–Trinajstić information content (AvgIpc) is 2.62. The summed E-state index contributed by atoms with van der Waals surface area (Å²) in [6.07, 6.45) is 1.80. The SMILES string of the molecule is CN1C(=O)C(N)c2ccc(N3CCCC(C)(O)C3)cc21. The maximum atomic E-state index is 11.9. The lowest BCUT2D eigenvalue weighted by atomic mass is 9.94. The molecule has 1 aromatic rings. The summed E-state index contributed by atoms with van der Waals surface area (Å²) in [5.74, 6) is -0.0669. The number of nitrogens with zero attached hydrogens (tertiary/aromatic N) is 2. The number of carbonyl (C=O) groups is 1. The van der Waals surface area contributed by atoms with Crippen LogP contribution in [0.25, 0.3) is 0 Å². The second-order valence-corrected chi connectivity index (χ2v) is 6.14. The first-order chi connectivity index (χ1) is 9.39. The van der Waals surface area contributed by atoms with Gasteiger partial charge in [0.25, 0.3) is 0 Å². The number of aliphatic hydroxyl groups is 1. The predicted octanol–water partition coefficient (Wildman–Crippen LogP) is 1.01. The molecule has 0 spiro atoms. The van der Waals surface area contributed by atoms with Crippen LogP contribution < -0.4 is 15.5 Å². The molecule has 0 radical (unpaired) electrons. The lowest BCUT2D eigenvalue weighted by Crippen LogP contribution is -2.46. The molecule has 1 aromatic carbocycles. The minimum Gasteiger partial charge on any atom is -0.388 e. The third kappa shape index (κ3) is 2.07.